The lowest BCUT2D eigenvalue weighted by Crippen LogP contribution is -2.33. The van der Waals surface area contributed by atoms with E-state index >= 15 is 0 Å². The molecule has 1 aliphatic heterocycles. The Labute approximate surface area is 120 Å². The molecule has 8 heteroatoms. The zero-order valence-electron chi connectivity index (χ0n) is 11.1. The van der Waals surface area contributed by atoms with Gasteiger partial charge in [0.2, 0.25) is 5.95 Å². The second-order valence-corrected chi connectivity index (χ2v) is 6.43. The molecule has 6 nitrogen and oxygen atoms in total. The minimum atomic E-state index is -0.835. The van der Waals surface area contributed by atoms with Gasteiger partial charge in [0.1, 0.15) is 0 Å². The second-order valence-electron chi connectivity index (χ2n) is 4.34. The highest BCUT2D eigenvalue weighted by Crippen LogP contribution is 2.27. The summed E-state index contributed by atoms with van der Waals surface area (Å²) >= 11 is 3.18. The van der Waals surface area contributed by atoms with E-state index in [2.05, 4.69) is 15.1 Å². The monoisotopic (exact) mass is 302 g/mol. The number of hydrogen-bond acceptors (Lipinski definition) is 6. The van der Waals surface area contributed by atoms with Gasteiger partial charge in [0.15, 0.2) is 5.16 Å². The lowest BCUT2D eigenvalue weighted by atomic mass is 10.2. The van der Waals surface area contributed by atoms with Crippen molar-refractivity contribution in [2.45, 2.75) is 31.1 Å². The highest BCUT2D eigenvalue weighted by Gasteiger charge is 2.24. The van der Waals surface area contributed by atoms with Crippen LogP contribution in [-0.2, 0) is 11.3 Å². The molecule has 1 aromatic rings. The Morgan fingerprint density at radius 1 is 1.63 bits per heavy atom. The van der Waals surface area contributed by atoms with E-state index in [4.69, 9.17) is 5.11 Å². The molecule has 0 aromatic carbocycles. The molecule has 1 N–H and O–H groups in total. The molecule has 1 unspecified atom stereocenters. The predicted octanol–water partition coefficient (Wildman–Crippen LogP) is 1.42. The summed E-state index contributed by atoms with van der Waals surface area (Å²) in [7, 11) is 2.04. The molecule has 106 valence electrons. The first-order valence-corrected chi connectivity index (χ1v) is 8.36. The van der Waals surface area contributed by atoms with Crippen LogP contribution in [0.1, 0.15) is 13.3 Å². The number of hydrogen-bond donors (Lipinski definition) is 1. The minimum absolute atomic E-state index is 0.0150. The van der Waals surface area contributed by atoms with Gasteiger partial charge in [-0.15, -0.1) is 10.2 Å². The summed E-state index contributed by atoms with van der Waals surface area (Å²) < 4.78 is 1.98. The zero-order chi connectivity index (χ0) is 13.8. The summed E-state index contributed by atoms with van der Waals surface area (Å²) in [6.45, 7) is 2.77. The molecule has 0 spiro atoms. The number of anilines is 1. The van der Waals surface area contributed by atoms with Gasteiger partial charge in [-0.05, 0) is 19.1 Å². The van der Waals surface area contributed by atoms with Crippen LogP contribution in [0.3, 0.4) is 0 Å². The molecule has 1 atom stereocenters. The van der Waals surface area contributed by atoms with E-state index < -0.39 is 5.97 Å². The standard InChI is InChI=1S/C11H18N4O2S2/c1-3-15-10(14(2)8-4-5-18-6-8)12-13-11(15)19-7-9(16)17/h8H,3-7H2,1-2H3,(H,16,17). The molecule has 0 aliphatic carbocycles. The Morgan fingerprint density at radius 2 is 2.42 bits per heavy atom. The van der Waals surface area contributed by atoms with Gasteiger partial charge in [-0.1, -0.05) is 11.8 Å². The Kier molecular flexibility index (Phi) is 4.98. The maximum atomic E-state index is 10.6. The first kappa shape index (κ1) is 14.5. The molecule has 19 heavy (non-hydrogen) atoms. The van der Waals surface area contributed by atoms with Crippen molar-refractivity contribution in [2.75, 3.05) is 29.2 Å². The van der Waals surface area contributed by atoms with Gasteiger partial charge in [-0.2, -0.15) is 11.8 Å². The van der Waals surface area contributed by atoms with Crippen molar-refractivity contribution in [3.05, 3.63) is 0 Å². The number of aliphatic carboxylic acids is 1. The Morgan fingerprint density at radius 3 is 3.00 bits per heavy atom. The molecule has 2 heterocycles. The third-order valence-corrected chi connectivity index (χ3v) is 5.20. The average Bonchev–Trinajstić information content (AvgIpc) is 3.04. The van der Waals surface area contributed by atoms with E-state index in [0.29, 0.717) is 11.2 Å². The SMILES string of the molecule is CCn1c(SCC(=O)O)nnc1N(C)C1CCSC1. The third kappa shape index (κ3) is 3.36. The number of nitrogens with zero attached hydrogens (tertiary/aromatic N) is 4. The van der Waals surface area contributed by atoms with E-state index in [1.54, 1.807) is 0 Å². The van der Waals surface area contributed by atoms with Crippen LogP contribution in [0.5, 0.6) is 0 Å². The second kappa shape index (κ2) is 6.51. The van der Waals surface area contributed by atoms with Gasteiger partial charge in [-0.25, -0.2) is 0 Å². The van der Waals surface area contributed by atoms with Gasteiger partial charge in [0.05, 0.1) is 5.75 Å². The normalized spacial score (nSPS) is 18.7. The van der Waals surface area contributed by atoms with E-state index in [9.17, 15) is 4.79 Å². The largest absolute Gasteiger partial charge is 0.481 e. The third-order valence-electron chi connectivity index (χ3n) is 3.11. The summed E-state index contributed by atoms with van der Waals surface area (Å²) in [5.74, 6) is 2.32. The molecule has 0 amide bonds. The Balaban J connectivity index is 2.13. The number of carbonyl (C=O) groups is 1. The molecule has 0 radical (unpaired) electrons. The fraction of sp³-hybridized carbons (Fsp3) is 0.727. The Bertz CT molecular complexity index is 446. The average molecular weight is 302 g/mol. The maximum absolute atomic E-state index is 10.6. The molecule has 0 bridgehead atoms. The minimum Gasteiger partial charge on any atom is -0.481 e. The zero-order valence-corrected chi connectivity index (χ0v) is 12.7. The van der Waals surface area contributed by atoms with E-state index in [1.807, 2.05) is 30.3 Å². The van der Waals surface area contributed by atoms with Crippen LogP contribution in [0.15, 0.2) is 5.16 Å². The van der Waals surface area contributed by atoms with Crippen molar-refractivity contribution in [3.8, 4) is 0 Å². The van der Waals surface area contributed by atoms with Crippen molar-refractivity contribution in [3.63, 3.8) is 0 Å². The summed E-state index contributed by atoms with van der Waals surface area (Å²) in [5.41, 5.74) is 0. The lowest BCUT2D eigenvalue weighted by Gasteiger charge is -2.24. The van der Waals surface area contributed by atoms with Gasteiger partial charge in [0.25, 0.3) is 0 Å². The van der Waals surface area contributed by atoms with Crippen LogP contribution >= 0.6 is 23.5 Å². The number of aromatic nitrogens is 3. The summed E-state index contributed by atoms with van der Waals surface area (Å²) in [5, 5.41) is 17.8. The summed E-state index contributed by atoms with van der Waals surface area (Å²) in [6, 6.07) is 0.497. The van der Waals surface area contributed by atoms with Crippen molar-refractivity contribution >= 4 is 35.4 Å². The van der Waals surface area contributed by atoms with Crippen LogP contribution in [0.4, 0.5) is 5.95 Å². The molecule has 1 aliphatic rings. The molecule has 1 aromatic heterocycles. The fourth-order valence-corrected chi connectivity index (χ4v) is 4.03. The van der Waals surface area contributed by atoms with Crippen LogP contribution in [0, 0.1) is 0 Å². The smallest absolute Gasteiger partial charge is 0.313 e. The van der Waals surface area contributed by atoms with E-state index in [1.165, 1.54) is 17.5 Å². The van der Waals surface area contributed by atoms with E-state index in [-0.39, 0.29) is 5.75 Å². The maximum Gasteiger partial charge on any atom is 0.313 e. The van der Waals surface area contributed by atoms with Crippen LogP contribution < -0.4 is 4.90 Å². The predicted molar refractivity (Wildman–Crippen MR) is 78.2 cm³/mol. The van der Waals surface area contributed by atoms with Crippen LogP contribution in [0.2, 0.25) is 0 Å². The van der Waals surface area contributed by atoms with E-state index in [0.717, 1.165) is 24.7 Å². The quantitative estimate of drug-likeness (QED) is 0.797. The van der Waals surface area contributed by atoms with Crippen LogP contribution in [-0.4, -0.2) is 56.2 Å². The van der Waals surface area contributed by atoms with Gasteiger partial charge in [-0.3, -0.25) is 9.36 Å². The molecule has 1 saturated heterocycles. The fourth-order valence-electron chi connectivity index (χ4n) is 2.04. The first-order chi connectivity index (χ1) is 9.13. The summed E-state index contributed by atoms with van der Waals surface area (Å²) in [4.78, 5) is 12.8. The highest BCUT2D eigenvalue weighted by molar-refractivity contribution is 7.99. The molecular formula is C11H18N4O2S2. The number of thioether (sulfide) groups is 2. The number of rotatable bonds is 6. The van der Waals surface area contributed by atoms with Crippen molar-refractivity contribution in [1.29, 1.82) is 0 Å². The topological polar surface area (TPSA) is 71.2 Å². The molecule has 1 fully saturated rings. The first-order valence-electron chi connectivity index (χ1n) is 6.21. The van der Waals surface area contributed by atoms with Gasteiger partial charge < -0.3 is 10.0 Å². The molecular weight excluding hydrogens is 284 g/mol. The summed E-state index contributed by atoms with van der Waals surface area (Å²) in [6.07, 6.45) is 1.16. The highest BCUT2D eigenvalue weighted by atomic mass is 32.2. The van der Waals surface area contributed by atoms with Gasteiger partial charge >= 0.3 is 5.97 Å². The van der Waals surface area contributed by atoms with Crippen LogP contribution in [0.25, 0.3) is 0 Å². The van der Waals surface area contributed by atoms with Crippen molar-refractivity contribution in [1.82, 2.24) is 14.8 Å². The molecule has 2 rings (SSSR count). The lowest BCUT2D eigenvalue weighted by molar-refractivity contribution is -0.133. The number of carboxylic acid groups (broad SMARTS) is 1. The Hall–Kier alpha value is -0.890. The number of carboxylic acids is 1. The molecule has 0 saturated carbocycles. The van der Waals surface area contributed by atoms with Crippen molar-refractivity contribution in [2.24, 2.45) is 0 Å². The van der Waals surface area contributed by atoms with Crippen molar-refractivity contribution < 1.29 is 9.90 Å². The van der Waals surface area contributed by atoms with Gasteiger partial charge in [0, 0.05) is 25.4 Å².